The molecule has 9 heteroatoms. The molecule has 4 rings (SSSR count). The van der Waals surface area contributed by atoms with E-state index in [1.54, 1.807) is 30.3 Å². The first-order chi connectivity index (χ1) is 16.4. The number of nitrogens with zero attached hydrogens (tertiary/aromatic N) is 1. The topological polar surface area (TPSA) is 79.8 Å². The first-order valence-electron chi connectivity index (χ1n) is 10.2. The fourth-order valence-electron chi connectivity index (χ4n) is 2.98. The maximum absolute atomic E-state index is 13.6. The summed E-state index contributed by atoms with van der Waals surface area (Å²) in [6.07, 6.45) is 1.69. The molecule has 0 spiro atoms. The van der Waals surface area contributed by atoms with Crippen molar-refractivity contribution >= 4 is 57.8 Å². The average molecular weight is 496 g/mol. The van der Waals surface area contributed by atoms with Crippen LogP contribution in [-0.2, 0) is 9.59 Å². The summed E-state index contributed by atoms with van der Waals surface area (Å²) in [7, 11) is 0. The molecule has 0 aromatic heterocycles. The van der Waals surface area contributed by atoms with Crippen LogP contribution < -0.4 is 15.4 Å². The molecule has 2 amide bonds. The number of ether oxygens (including phenoxy) is 1. The van der Waals surface area contributed by atoms with E-state index in [2.05, 4.69) is 15.6 Å². The number of aliphatic imine (C=N–C) groups is 1. The van der Waals surface area contributed by atoms with E-state index in [0.717, 1.165) is 11.3 Å². The lowest BCUT2D eigenvalue weighted by atomic mass is 10.2. The normalized spacial score (nSPS) is 15.4. The molecular formula is C25H19ClFN3O3S. The lowest BCUT2D eigenvalue weighted by Gasteiger charge is -2.10. The minimum absolute atomic E-state index is 0.0711. The Bertz CT molecular complexity index is 1310. The van der Waals surface area contributed by atoms with E-state index in [1.807, 2.05) is 31.2 Å². The molecule has 1 fully saturated rings. The first kappa shape index (κ1) is 23.5. The number of carbonyl (C=O) groups is 2. The fourth-order valence-corrected chi connectivity index (χ4v) is 4.07. The van der Waals surface area contributed by atoms with Gasteiger partial charge in [-0.3, -0.25) is 9.59 Å². The van der Waals surface area contributed by atoms with E-state index in [-0.39, 0.29) is 29.0 Å². The number of carbonyl (C=O) groups excluding carboxylic acids is 2. The van der Waals surface area contributed by atoms with Crippen molar-refractivity contribution in [3.05, 3.63) is 93.6 Å². The average Bonchev–Trinajstić information content (AvgIpc) is 3.14. The van der Waals surface area contributed by atoms with Crippen molar-refractivity contribution in [1.29, 1.82) is 0 Å². The van der Waals surface area contributed by atoms with E-state index in [0.29, 0.717) is 15.6 Å². The number of para-hydroxylation sites is 1. The van der Waals surface area contributed by atoms with Crippen LogP contribution in [0.2, 0.25) is 5.02 Å². The van der Waals surface area contributed by atoms with Crippen molar-refractivity contribution in [3.8, 4) is 5.75 Å². The second-order valence-electron chi connectivity index (χ2n) is 7.32. The fraction of sp³-hybridized carbons (Fsp3) is 0.0800. The van der Waals surface area contributed by atoms with Crippen LogP contribution in [0.3, 0.4) is 0 Å². The third-order valence-electron chi connectivity index (χ3n) is 4.68. The molecule has 3 aromatic carbocycles. The van der Waals surface area contributed by atoms with Gasteiger partial charge >= 0.3 is 0 Å². The van der Waals surface area contributed by atoms with Crippen LogP contribution in [0.4, 0.5) is 15.8 Å². The van der Waals surface area contributed by atoms with Gasteiger partial charge in [0.2, 0.25) is 0 Å². The van der Waals surface area contributed by atoms with Gasteiger partial charge in [-0.1, -0.05) is 47.5 Å². The largest absolute Gasteiger partial charge is 0.482 e. The Kier molecular flexibility index (Phi) is 7.30. The molecule has 0 atom stereocenters. The summed E-state index contributed by atoms with van der Waals surface area (Å²) in [4.78, 5) is 29.3. The molecule has 1 aliphatic heterocycles. The van der Waals surface area contributed by atoms with Crippen LogP contribution in [0.5, 0.6) is 5.75 Å². The predicted molar refractivity (Wildman–Crippen MR) is 134 cm³/mol. The lowest BCUT2D eigenvalue weighted by Crippen LogP contribution is -2.20. The number of rotatable bonds is 6. The maximum Gasteiger partial charge on any atom is 0.264 e. The van der Waals surface area contributed by atoms with Crippen molar-refractivity contribution in [2.24, 2.45) is 4.99 Å². The molecule has 3 aromatic rings. The molecular weight excluding hydrogens is 477 g/mol. The Morgan fingerprint density at radius 1 is 1.18 bits per heavy atom. The summed E-state index contributed by atoms with van der Waals surface area (Å²) in [6, 6.07) is 18.5. The monoisotopic (exact) mass is 495 g/mol. The van der Waals surface area contributed by atoms with Gasteiger partial charge in [0.1, 0.15) is 11.6 Å². The van der Waals surface area contributed by atoms with E-state index >= 15 is 0 Å². The number of anilines is 1. The number of hydrogen-bond donors (Lipinski definition) is 2. The number of benzene rings is 3. The number of amidine groups is 1. The smallest absolute Gasteiger partial charge is 0.264 e. The van der Waals surface area contributed by atoms with Gasteiger partial charge in [0.15, 0.2) is 11.8 Å². The molecule has 0 unspecified atom stereocenters. The lowest BCUT2D eigenvalue weighted by molar-refractivity contribution is -0.118. The van der Waals surface area contributed by atoms with Crippen LogP contribution >= 0.6 is 23.4 Å². The predicted octanol–water partition coefficient (Wildman–Crippen LogP) is 5.70. The van der Waals surface area contributed by atoms with Gasteiger partial charge < -0.3 is 15.4 Å². The summed E-state index contributed by atoms with van der Waals surface area (Å²) >= 11 is 7.52. The molecule has 1 saturated heterocycles. The van der Waals surface area contributed by atoms with Crippen LogP contribution in [-0.4, -0.2) is 23.6 Å². The van der Waals surface area contributed by atoms with Crippen LogP contribution in [0.25, 0.3) is 6.08 Å². The minimum atomic E-state index is -0.535. The van der Waals surface area contributed by atoms with E-state index < -0.39 is 11.7 Å². The summed E-state index contributed by atoms with van der Waals surface area (Å²) < 4.78 is 19.1. The zero-order valence-corrected chi connectivity index (χ0v) is 19.5. The summed E-state index contributed by atoms with van der Waals surface area (Å²) in [5.41, 5.74) is 2.63. The maximum atomic E-state index is 13.6. The van der Waals surface area contributed by atoms with Gasteiger partial charge in [-0.15, -0.1) is 0 Å². The van der Waals surface area contributed by atoms with Gasteiger partial charge in [0.05, 0.1) is 21.3 Å². The molecule has 34 heavy (non-hydrogen) atoms. The first-order valence-corrected chi connectivity index (χ1v) is 11.4. The van der Waals surface area contributed by atoms with Gasteiger partial charge in [-0.2, -0.15) is 0 Å². The van der Waals surface area contributed by atoms with E-state index in [1.165, 1.54) is 30.0 Å². The number of thioether (sulfide) groups is 1. The van der Waals surface area contributed by atoms with E-state index in [4.69, 9.17) is 16.3 Å². The molecule has 6 nitrogen and oxygen atoms in total. The quantitative estimate of drug-likeness (QED) is 0.430. The van der Waals surface area contributed by atoms with Crippen LogP contribution in [0.15, 0.2) is 76.6 Å². The van der Waals surface area contributed by atoms with E-state index in [9.17, 15) is 14.0 Å². The second kappa shape index (κ2) is 10.5. The molecule has 0 aliphatic carbocycles. The summed E-state index contributed by atoms with van der Waals surface area (Å²) in [5.74, 6) is -1.02. The molecule has 172 valence electrons. The van der Waals surface area contributed by atoms with Crippen molar-refractivity contribution in [1.82, 2.24) is 5.32 Å². The summed E-state index contributed by atoms with van der Waals surface area (Å²) in [6.45, 7) is 1.65. The highest BCUT2D eigenvalue weighted by atomic mass is 35.5. The Hall–Kier alpha value is -3.62. The van der Waals surface area contributed by atoms with Gasteiger partial charge in [0.25, 0.3) is 11.8 Å². The van der Waals surface area contributed by atoms with Crippen LogP contribution in [0.1, 0.15) is 11.1 Å². The Morgan fingerprint density at radius 2 is 1.94 bits per heavy atom. The molecule has 0 bridgehead atoms. The molecule has 1 aliphatic rings. The zero-order chi connectivity index (χ0) is 24.1. The highest BCUT2D eigenvalue weighted by molar-refractivity contribution is 8.18. The van der Waals surface area contributed by atoms with Crippen molar-refractivity contribution in [3.63, 3.8) is 0 Å². The van der Waals surface area contributed by atoms with Crippen molar-refractivity contribution < 1.29 is 18.7 Å². The second-order valence-corrected chi connectivity index (χ2v) is 8.76. The third kappa shape index (κ3) is 6.03. The standard InChI is InChI=1S/C25H19ClFN3O3S/c1-15-6-9-17(10-7-15)28-25-30-24(32)22(34-25)13-16-8-11-21(18(26)12-16)33-14-23(31)29-20-5-3-2-4-19(20)27/h2-13H,14H2,1H3,(H,29,31)(H,28,30,32)/b22-13-. The minimum Gasteiger partial charge on any atom is -0.482 e. The zero-order valence-electron chi connectivity index (χ0n) is 18.0. The SMILES string of the molecule is Cc1ccc(N=C2NC(=O)/C(=C/c3ccc(OCC(=O)Nc4ccccc4F)c(Cl)c3)S2)cc1. The number of amides is 2. The van der Waals surface area contributed by atoms with Gasteiger partial charge in [-0.25, -0.2) is 9.38 Å². The van der Waals surface area contributed by atoms with Gasteiger partial charge in [-0.05, 0) is 66.7 Å². The molecule has 2 N–H and O–H groups in total. The Balaban J connectivity index is 1.38. The number of aryl methyl sites for hydroxylation is 1. The summed E-state index contributed by atoms with van der Waals surface area (Å²) in [5, 5.41) is 5.95. The molecule has 0 radical (unpaired) electrons. The Labute approximate surface area is 204 Å². The number of nitrogens with one attached hydrogen (secondary N) is 2. The van der Waals surface area contributed by atoms with Gasteiger partial charge in [0, 0.05) is 0 Å². The highest BCUT2D eigenvalue weighted by Gasteiger charge is 2.24. The molecule has 1 heterocycles. The van der Waals surface area contributed by atoms with Crippen molar-refractivity contribution in [2.75, 3.05) is 11.9 Å². The highest BCUT2D eigenvalue weighted by Crippen LogP contribution is 2.31. The molecule has 0 saturated carbocycles. The number of halogens is 2. The number of hydrogen-bond acceptors (Lipinski definition) is 5. The Morgan fingerprint density at radius 3 is 2.68 bits per heavy atom. The third-order valence-corrected chi connectivity index (χ3v) is 5.88. The van der Waals surface area contributed by atoms with Crippen molar-refractivity contribution in [2.45, 2.75) is 6.92 Å². The van der Waals surface area contributed by atoms with Crippen LogP contribution in [0, 0.1) is 12.7 Å².